The Morgan fingerprint density at radius 1 is 1.23 bits per heavy atom. The molecule has 1 fully saturated rings. The first-order valence-electron chi connectivity index (χ1n) is 6.80. The molecule has 1 aliphatic rings. The van der Waals surface area contributed by atoms with Gasteiger partial charge in [0.1, 0.15) is 12.1 Å². The number of carbonyl (C=O) groups excluding carboxylic acids is 3. The maximum Gasteiger partial charge on any atom is 0.326 e. The quantitative estimate of drug-likeness (QED) is 0.327. The fourth-order valence-corrected chi connectivity index (χ4v) is 2.04. The van der Waals surface area contributed by atoms with Crippen LogP contribution in [0.1, 0.15) is 12.8 Å². The van der Waals surface area contributed by atoms with E-state index in [4.69, 9.17) is 15.9 Å². The van der Waals surface area contributed by atoms with Gasteiger partial charge in [0.2, 0.25) is 17.7 Å². The molecule has 0 aromatic rings. The second-order valence-electron chi connectivity index (χ2n) is 4.87. The molecule has 1 saturated heterocycles. The lowest BCUT2D eigenvalue weighted by Crippen LogP contribution is -2.49. The molecule has 10 heteroatoms. The second kappa shape index (κ2) is 8.29. The van der Waals surface area contributed by atoms with Crippen LogP contribution in [0.15, 0.2) is 0 Å². The predicted octanol–water partition coefficient (Wildman–Crippen LogP) is -3.39. The predicted molar refractivity (Wildman–Crippen MR) is 73.5 cm³/mol. The van der Waals surface area contributed by atoms with Crippen LogP contribution >= 0.6 is 0 Å². The van der Waals surface area contributed by atoms with E-state index in [1.165, 1.54) is 4.90 Å². The van der Waals surface area contributed by atoms with Crippen molar-refractivity contribution >= 4 is 23.7 Å². The average molecular weight is 316 g/mol. The number of carbonyl (C=O) groups is 4. The van der Waals surface area contributed by atoms with E-state index in [2.05, 4.69) is 10.6 Å². The van der Waals surface area contributed by atoms with Gasteiger partial charge in [0, 0.05) is 6.54 Å². The summed E-state index contributed by atoms with van der Waals surface area (Å²) in [5.74, 6) is -2.86. The third-order valence-corrected chi connectivity index (χ3v) is 3.25. The molecular formula is C12H20N4O6. The Hall–Kier alpha value is -2.20. The number of nitrogens with zero attached hydrogens (tertiary/aromatic N) is 1. The Morgan fingerprint density at radius 2 is 1.91 bits per heavy atom. The van der Waals surface area contributed by atoms with Crippen molar-refractivity contribution in [1.29, 1.82) is 0 Å². The minimum atomic E-state index is -1.12. The summed E-state index contributed by atoms with van der Waals surface area (Å²) in [7, 11) is 0. The summed E-state index contributed by atoms with van der Waals surface area (Å²) in [5.41, 5.74) is 5.24. The summed E-state index contributed by atoms with van der Waals surface area (Å²) in [4.78, 5) is 46.7. The van der Waals surface area contributed by atoms with Crippen LogP contribution in [0.4, 0.5) is 0 Å². The molecule has 1 rings (SSSR count). The second-order valence-corrected chi connectivity index (χ2v) is 4.87. The Labute approximate surface area is 126 Å². The van der Waals surface area contributed by atoms with E-state index in [0.717, 1.165) is 0 Å². The Balaban J connectivity index is 2.33. The molecule has 1 aliphatic heterocycles. The van der Waals surface area contributed by atoms with Gasteiger partial charge in [0.05, 0.1) is 19.7 Å². The van der Waals surface area contributed by atoms with Crippen molar-refractivity contribution < 1.29 is 29.4 Å². The first kappa shape index (κ1) is 17.9. The molecule has 0 saturated carbocycles. The van der Waals surface area contributed by atoms with E-state index in [1.54, 1.807) is 0 Å². The molecule has 0 aromatic carbocycles. The lowest BCUT2D eigenvalue weighted by Gasteiger charge is -2.21. The molecule has 0 unspecified atom stereocenters. The SMILES string of the molecule is N[C@@H](CO)C(=O)NCC(=O)NCC(=O)N1CCC[C@H]1C(=O)O. The highest BCUT2D eigenvalue weighted by Crippen LogP contribution is 2.17. The highest BCUT2D eigenvalue weighted by Gasteiger charge is 2.33. The Bertz CT molecular complexity index is 455. The lowest BCUT2D eigenvalue weighted by molar-refractivity contribution is -0.148. The van der Waals surface area contributed by atoms with Crippen molar-refractivity contribution in [2.24, 2.45) is 5.73 Å². The van der Waals surface area contributed by atoms with Crippen molar-refractivity contribution in [3.63, 3.8) is 0 Å². The molecule has 0 radical (unpaired) electrons. The van der Waals surface area contributed by atoms with E-state index in [-0.39, 0.29) is 13.1 Å². The van der Waals surface area contributed by atoms with Gasteiger partial charge < -0.3 is 31.5 Å². The van der Waals surface area contributed by atoms with Crippen molar-refractivity contribution in [2.75, 3.05) is 26.2 Å². The van der Waals surface area contributed by atoms with Crippen molar-refractivity contribution in [3.8, 4) is 0 Å². The smallest absolute Gasteiger partial charge is 0.326 e. The molecule has 6 N–H and O–H groups in total. The minimum absolute atomic E-state index is 0.341. The number of aliphatic hydroxyl groups is 1. The first-order chi connectivity index (χ1) is 10.4. The summed E-state index contributed by atoms with van der Waals surface area (Å²) in [6, 6.07) is -1.97. The molecule has 0 aromatic heterocycles. The van der Waals surface area contributed by atoms with Crippen LogP contribution in [0.5, 0.6) is 0 Å². The number of hydrogen-bond donors (Lipinski definition) is 5. The molecule has 1 heterocycles. The molecule has 124 valence electrons. The third-order valence-electron chi connectivity index (χ3n) is 3.25. The number of carboxylic acid groups (broad SMARTS) is 1. The number of nitrogens with two attached hydrogens (primary N) is 1. The highest BCUT2D eigenvalue weighted by molar-refractivity contribution is 5.91. The average Bonchev–Trinajstić information content (AvgIpc) is 2.99. The van der Waals surface area contributed by atoms with Crippen molar-refractivity contribution in [1.82, 2.24) is 15.5 Å². The zero-order valence-electron chi connectivity index (χ0n) is 11.9. The van der Waals surface area contributed by atoms with Gasteiger partial charge in [0.15, 0.2) is 0 Å². The standard InChI is InChI=1S/C12H20N4O6/c13-7(6-17)11(20)15-4-9(18)14-5-10(19)16-3-1-2-8(16)12(21)22/h7-8,17H,1-6,13H2,(H,14,18)(H,15,20)(H,21,22)/t7-,8-/m0/s1. The number of hydrogen-bond acceptors (Lipinski definition) is 6. The van der Waals surface area contributed by atoms with Crippen LogP contribution in [0, 0.1) is 0 Å². The molecule has 3 amide bonds. The van der Waals surface area contributed by atoms with Crippen LogP contribution in [-0.2, 0) is 19.2 Å². The summed E-state index contributed by atoms with van der Waals surface area (Å²) < 4.78 is 0. The lowest BCUT2D eigenvalue weighted by atomic mass is 10.2. The van der Waals surface area contributed by atoms with E-state index in [9.17, 15) is 19.2 Å². The number of amides is 3. The first-order valence-corrected chi connectivity index (χ1v) is 6.80. The Kier molecular flexibility index (Phi) is 6.73. The zero-order valence-corrected chi connectivity index (χ0v) is 11.9. The van der Waals surface area contributed by atoms with Gasteiger partial charge in [-0.05, 0) is 12.8 Å². The maximum atomic E-state index is 11.9. The molecule has 0 spiro atoms. The van der Waals surface area contributed by atoms with Crippen molar-refractivity contribution in [2.45, 2.75) is 24.9 Å². The minimum Gasteiger partial charge on any atom is -0.480 e. The van der Waals surface area contributed by atoms with Crippen LogP contribution in [0.2, 0.25) is 0 Å². The molecule has 0 bridgehead atoms. The topological polar surface area (TPSA) is 162 Å². The third kappa shape index (κ3) is 4.97. The van der Waals surface area contributed by atoms with E-state index in [1.807, 2.05) is 0 Å². The van der Waals surface area contributed by atoms with Crippen molar-refractivity contribution in [3.05, 3.63) is 0 Å². The summed E-state index contributed by atoms with van der Waals surface area (Å²) in [5, 5.41) is 22.1. The highest BCUT2D eigenvalue weighted by atomic mass is 16.4. The fraction of sp³-hybridized carbons (Fsp3) is 0.667. The number of nitrogens with one attached hydrogen (secondary N) is 2. The van der Waals surface area contributed by atoms with E-state index < -0.39 is 42.4 Å². The zero-order chi connectivity index (χ0) is 16.7. The van der Waals surface area contributed by atoms with Gasteiger partial charge in [-0.25, -0.2) is 4.79 Å². The number of aliphatic hydroxyl groups excluding tert-OH is 1. The largest absolute Gasteiger partial charge is 0.480 e. The van der Waals surface area contributed by atoms with Gasteiger partial charge >= 0.3 is 5.97 Å². The number of aliphatic carboxylic acids is 1. The fourth-order valence-electron chi connectivity index (χ4n) is 2.04. The van der Waals surface area contributed by atoms with Gasteiger partial charge in [-0.15, -0.1) is 0 Å². The van der Waals surface area contributed by atoms with Gasteiger partial charge in [-0.2, -0.15) is 0 Å². The molecule has 0 aliphatic carbocycles. The van der Waals surface area contributed by atoms with Gasteiger partial charge in [-0.3, -0.25) is 14.4 Å². The van der Waals surface area contributed by atoms with E-state index in [0.29, 0.717) is 19.4 Å². The normalized spacial score (nSPS) is 18.6. The van der Waals surface area contributed by atoms with Gasteiger partial charge in [0.25, 0.3) is 0 Å². The Morgan fingerprint density at radius 3 is 2.50 bits per heavy atom. The summed E-state index contributed by atoms with van der Waals surface area (Å²) in [6.07, 6.45) is 0.996. The number of rotatable bonds is 7. The maximum absolute atomic E-state index is 11.9. The van der Waals surface area contributed by atoms with Crippen LogP contribution in [0.25, 0.3) is 0 Å². The van der Waals surface area contributed by atoms with E-state index >= 15 is 0 Å². The van der Waals surface area contributed by atoms with Crippen LogP contribution in [-0.4, -0.2) is 77.1 Å². The molecule has 10 nitrogen and oxygen atoms in total. The molecule has 2 atom stereocenters. The van der Waals surface area contributed by atoms with Crippen LogP contribution in [0.3, 0.4) is 0 Å². The van der Waals surface area contributed by atoms with Crippen LogP contribution < -0.4 is 16.4 Å². The molecular weight excluding hydrogens is 296 g/mol. The monoisotopic (exact) mass is 316 g/mol. The molecule has 22 heavy (non-hydrogen) atoms. The number of likely N-dealkylation sites (tertiary alicyclic amines) is 1. The summed E-state index contributed by atoms with van der Waals surface area (Å²) >= 11 is 0. The number of carboxylic acids is 1. The van der Waals surface area contributed by atoms with Gasteiger partial charge in [-0.1, -0.05) is 0 Å². The summed E-state index contributed by atoms with van der Waals surface area (Å²) in [6.45, 7) is -0.933.